The molecule has 1 fully saturated rings. The molecule has 0 bridgehead atoms. The van der Waals surface area contributed by atoms with E-state index in [4.69, 9.17) is 14.2 Å². The number of esters is 3. The number of aliphatic hydroxyl groups excluding tert-OH is 2. The highest BCUT2D eigenvalue weighted by atomic mass is 16.6. The monoisotopic (exact) mass is 588 g/mol. The van der Waals surface area contributed by atoms with Crippen molar-refractivity contribution in [3.05, 3.63) is 0 Å². The van der Waals surface area contributed by atoms with Gasteiger partial charge in [-0.1, -0.05) is 0 Å². The van der Waals surface area contributed by atoms with Crippen LogP contribution < -0.4 is 0 Å². The Morgan fingerprint density at radius 3 is 1.02 bits per heavy atom. The molecule has 0 aromatic heterocycles. The summed E-state index contributed by atoms with van der Waals surface area (Å²) in [5.74, 6) is -1.02. The van der Waals surface area contributed by atoms with Gasteiger partial charge >= 0.3 is 17.9 Å². The Bertz CT molecular complexity index is 773. The molecular formula is C29H56N4O8. The number of aliphatic hydroxyl groups is 2. The van der Waals surface area contributed by atoms with Gasteiger partial charge in [-0.25, -0.2) is 0 Å². The van der Waals surface area contributed by atoms with Gasteiger partial charge < -0.3 is 24.4 Å². The minimum atomic E-state index is -0.911. The number of hydrogen-bond acceptors (Lipinski definition) is 12. The van der Waals surface area contributed by atoms with Gasteiger partial charge in [0.15, 0.2) is 0 Å². The molecule has 0 radical (unpaired) electrons. The first-order valence-corrected chi connectivity index (χ1v) is 14.6. The molecular weight excluding hydrogens is 532 g/mol. The smallest absolute Gasteiger partial charge is 0.320 e. The first kappa shape index (κ1) is 37.2. The molecule has 12 heteroatoms. The minimum Gasteiger partial charge on any atom is -0.459 e. The second kappa shape index (κ2) is 16.7. The Balaban J connectivity index is 3.15. The van der Waals surface area contributed by atoms with Gasteiger partial charge in [0.25, 0.3) is 0 Å². The third-order valence-corrected chi connectivity index (χ3v) is 5.93. The van der Waals surface area contributed by atoms with E-state index in [1.165, 1.54) is 0 Å². The molecule has 1 atom stereocenters. The number of rotatable bonds is 9. The zero-order valence-electron chi connectivity index (χ0n) is 26.9. The van der Waals surface area contributed by atoms with E-state index in [-0.39, 0.29) is 50.7 Å². The lowest BCUT2D eigenvalue weighted by molar-refractivity contribution is -0.158. The number of nitrogens with zero attached hydrogens (tertiary/aromatic N) is 4. The topological polar surface area (TPSA) is 132 Å². The molecule has 41 heavy (non-hydrogen) atoms. The van der Waals surface area contributed by atoms with Gasteiger partial charge in [0.2, 0.25) is 0 Å². The molecule has 0 aromatic carbocycles. The fourth-order valence-corrected chi connectivity index (χ4v) is 4.26. The van der Waals surface area contributed by atoms with E-state index in [0.29, 0.717) is 52.4 Å². The predicted molar refractivity (Wildman–Crippen MR) is 156 cm³/mol. The second-order valence-electron chi connectivity index (χ2n) is 13.7. The molecule has 0 aromatic rings. The molecule has 0 amide bonds. The van der Waals surface area contributed by atoms with Crippen LogP contribution in [0.5, 0.6) is 0 Å². The lowest BCUT2D eigenvalue weighted by Crippen LogP contribution is -2.50. The molecule has 2 N–H and O–H groups in total. The summed E-state index contributed by atoms with van der Waals surface area (Å²) in [5, 5.41) is 19.6. The summed E-state index contributed by atoms with van der Waals surface area (Å²) in [4.78, 5) is 46.0. The summed E-state index contributed by atoms with van der Waals surface area (Å²) in [7, 11) is 0. The van der Waals surface area contributed by atoms with Gasteiger partial charge in [-0.15, -0.1) is 0 Å². The summed E-state index contributed by atoms with van der Waals surface area (Å²) in [5.41, 5.74) is -1.83. The minimum absolute atomic E-state index is 0.0760. The van der Waals surface area contributed by atoms with E-state index in [9.17, 15) is 24.6 Å². The first-order valence-electron chi connectivity index (χ1n) is 14.6. The molecule has 0 spiro atoms. The number of ether oxygens (including phenoxy) is 3. The molecule has 12 nitrogen and oxygen atoms in total. The van der Waals surface area contributed by atoms with Crippen molar-refractivity contribution >= 4 is 17.9 Å². The van der Waals surface area contributed by atoms with Crippen molar-refractivity contribution < 1.29 is 38.8 Å². The quantitative estimate of drug-likeness (QED) is 0.289. The molecule has 0 aliphatic carbocycles. The van der Waals surface area contributed by atoms with Gasteiger partial charge in [0.1, 0.15) is 16.8 Å². The molecule has 1 unspecified atom stereocenters. The average Bonchev–Trinajstić information content (AvgIpc) is 2.76. The molecule has 1 aliphatic heterocycles. The third kappa shape index (κ3) is 19.1. The fourth-order valence-electron chi connectivity index (χ4n) is 4.26. The Labute approximate surface area is 246 Å². The Kier molecular flexibility index (Phi) is 15.2. The Morgan fingerprint density at radius 1 is 0.561 bits per heavy atom. The maximum Gasteiger partial charge on any atom is 0.320 e. The lowest BCUT2D eigenvalue weighted by atomic mass is 10.2. The molecule has 240 valence electrons. The van der Waals surface area contributed by atoms with E-state index in [0.717, 1.165) is 0 Å². The van der Waals surface area contributed by atoms with Crippen LogP contribution in [-0.4, -0.2) is 156 Å². The zero-order chi connectivity index (χ0) is 31.4. The van der Waals surface area contributed by atoms with Crippen molar-refractivity contribution in [2.45, 2.75) is 85.2 Å². The van der Waals surface area contributed by atoms with Crippen molar-refractivity contribution in [2.24, 2.45) is 0 Å². The highest BCUT2D eigenvalue weighted by Gasteiger charge is 2.25. The third-order valence-electron chi connectivity index (χ3n) is 5.93. The van der Waals surface area contributed by atoms with Crippen LogP contribution in [0.3, 0.4) is 0 Å². The van der Waals surface area contributed by atoms with Gasteiger partial charge in [0, 0.05) is 58.9 Å². The summed E-state index contributed by atoms with van der Waals surface area (Å²) in [6.45, 7) is 20.6. The molecule has 0 saturated carbocycles. The van der Waals surface area contributed by atoms with E-state index in [1.807, 2.05) is 81.9 Å². The van der Waals surface area contributed by atoms with E-state index >= 15 is 0 Å². The van der Waals surface area contributed by atoms with Crippen molar-refractivity contribution in [1.82, 2.24) is 19.6 Å². The normalized spacial score (nSPS) is 19.1. The van der Waals surface area contributed by atoms with Crippen LogP contribution in [0.2, 0.25) is 0 Å². The number of β-amino-alcohol motifs (C(OH)–C–C–N with tert-alkyl or cyclic N) is 1. The van der Waals surface area contributed by atoms with Gasteiger partial charge in [0.05, 0.1) is 32.3 Å². The summed E-state index contributed by atoms with van der Waals surface area (Å²) in [6.07, 6.45) is -0.911. The average molecular weight is 589 g/mol. The highest BCUT2D eigenvalue weighted by molar-refractivity contribution is 5.73. The van der Waals surface area contributed by atoms with Gasteiger partial charge in [-0.3, -0.25) is 34.0 Å². The maximum absolute atomic E-state index is 12.7. The fraction of sp³-hybridized carbons (Fsp3) is 0.897. The van der Waals surface area contributed by atoms with Crippen LogP contribution in [0.25, 0.3) is 0 Å². The summed E-state index contributed by atoms with van der Waals surface area (Å²) < 4.78 is 16.7. The lowest BCUT2D eigenvalue weighted by Gasteiger charge is -2.34. The van der Waals surface area contributed by atoms with E-state index < -0.39 is 22.9 Å². The largest absolute Gasteiger partial charge is 0.459 e. The van der Waals surface area contributed by atoms with Gasteiger partial charge in [-0.2, -0.15) is 0 Å². The van der Waals surface area contributed by atoms with E-state index in [2.05, 4.69) is 0 Å². The van der Waals surface area contributed by atoms with Crippen LogP contribution in [0.15, 0.2) is 0 Å². The standard InChI is InChI=1S/C29H56N4O8/c1-27(2,3)39-24(36)19-31-12-10-30(18-23(35)22-34)11-13-32(20-25(37)40-28(4,5)6)15-17-33(16-14-31)21-26(38)41-29(7,8)9/h23,34-35H,10-22H2,1-9H3. The van der Waals surface area contributed by atoms with E-state index in [1.54, 1.807) is 0 Å². The Hall–Kier alpha value is -1.83. The van der Waals surface area contributed by atoms with Crippen molar-refractivity contribution in [3.63, 3.8) is 0 Å². The number of carbonyl (C=O) groups excluding carboxylic acids is 3. The predicted octanol–water partition coefficient (Wildman–Crippen LogP) is 0.586. The molecule has 1 rings (SSSR count). The molecule has 1 aliphatic rings. The van der Waals surface area contributed by atoms with Crippen LogP contribution in [0.1, 0.15) is 62.3 Å². The van der Waals surface area contributed by atoms with Crippen LogP contribution in [0.4, 0.5) is 0 Å². The van der Waals surface area contributed by atoms with Crippen molar-refractivity contribution in [3.8, 4) is 0 Å². The molecule has 1 heterocycles. The van der Waals surface area contributed by atoms with Crippen molar-refractivity contribution in [1.29, 1.82) is 0 Å². The van der Waals surface area contributed by atoms with Crippen LogP contribution in [-0.2, 0) is 28.6 Å². The Morgan fingerprint density at radius 2 is 0.805 bits per heavy atom. The summed E-state index contributed by atoms with van der Waals surface area (Å²) >= 11 is 0. The second-order valence-corrected chi connectivity index (χ2v) is 13.7. The van der Waals surface area contributed by atoms with Crippen LogP contribution >= 0.6 is 0 Å². The SMILES string of the molecule is CC(C)(C)OC(=O)CN1CCN(CC(=O)OC(C)(C)C)CCN(CC(O)CO)CCN(CC(=O)OC(C)(C)C)CC1. The van der Waals surface area contributed by atoms with Crippen LogP contribution in [0, 0.1) is 0 Å². The number of carbonyl (C=O) groups is 3. The number of hydrogen-bond donors (Lipinski definition) is 2. The molecule has 1 saturated heterocycles. The van der Waals surface area contributed by atoms with Gasteiger partial charge in [-0.05, 0) is 62.3 Å². The summed E-state index contributed by atoms with van der Waals surface area (Å²) in [6, 6.07) is 0. The highest BCUT2D eigenvalue weighted by Crippen LogP contribution is 2.11. The first-order chi connectivity index (χ1) is 18.7. The van der Waals surface area contributed by atoms with Crippen molar-refractivity contribution in [2.75, 3.05) is 85.1 Å². The zero-order valence-corrected chi connectivity index (χ0v) is 26.9. The maximum atomic E-state index is 12.7.